The van der Waals surface area contributed by atoms with Gasteiger partial charge in [-0.25, -0.2) is 0 Å². The van der Waals surface area contributed by atoms with Gasteiger partial charge in [0.25, 0.3) is 5.91 Å². The first-order valence-corrected chi connectivity index (χ1v) is 7.74. The minimum atomic E-state index is -0.988. The SMILES string of the molecule is CCOC(=O)[C@@H](C)C[C@@H](NC(=O)[C@H](OC)c1ccccc1)C(N)=O. The number of methoxy groups -OCH3 is 1. The third kappa shape index (κ3) is 5.66. The Bertz CT molecular complexity index is 561. The summed E-state index contributed by atoms with van der Waals surface area (Å²) in [4.78, 5) is 35.7. The fourth-order valence-electron chi connectivity index (χ4n) is 2.25. The van der Waals surface area contributed by atoms with Gasteiger partial charge in [0.15, 0.2) is 6.10 Å². The molecule has 7 heteroatoms. The van der Waals surface area contributed by atoms with Crippen LogP contribution in [0.15, 0.2) is 30.3 Å². The molecule has 0 radical (unpaired) electrons. The Morgan fingerprint density at radius 3 is 2.33 bits per heavy atom. The molecule has 0 aliphatic heterocycles. The number of carbonyl (C=O) groups excluding carboxylic acids is 3. The maximum Gasteiger partial charge on any atom is 0.308 e. The van der Waals surface area contributed by atoms with E-state index in [4.69, 9.17) is 15.2 Å². The first-order valence-electron chi connectivity index (χ1n) is 7.74. The predicted octanol–water partition coefficient (Wildman–Crippen LogP) is 0.933. The van der Waals surface area contributed by atoms with E-state index < -0.39 is 35.8 Å². The molecular formula is C17H24N2O5. The molecule has 1 aromatic carbocycles. The fraction of sp³-hybridized carbons (Fsp3) is 0.471. The molecular weight excluding hydrogens is 312 g/mol. The number of benzene rings is 1. The Morgan fingerprint density at radius 2 is 1.83 bits per heavy atom. The second-order valence-electron chi connectivity index (χ2n) is 5.38. The zero-order valence-corrected chi connectivity index (χ0v) is 14.2. The fourth-order valence-corrected chi connectivity index (χ4v) is 2.25. The maximum absolute atomic E-state index is 12.4. The third-order valence-corrected chi connectivity index (χ3v) is 3.51. The number of esters is 1. The van der Waals surface area contributed by atoms with E-state index >= 15 is 0 Å². The van der Waals surface area contributed by atoms with E-state index in [2.05, 4.69) is 5.32 Å². The van der Waals surface area contributed by atoms with Gasteiger partial charge in [-0.1, -0.05) is 37.3 Å². The summed E-state index contributed by atoms with van der Waals surface area (Å²) in [6.45, 7) is 3.56. The van der Waals surface area contributed by atoms with Crippen LogP contribution >= 0.6 is 0 Å². The zero-order valence-electron chi connectivity index (χ0n) is 14.2. The molecule has 7 nitrogen and oxygen atoms in total. The Morgan fingerprint density at radius 1 is 1.21 bits per heavy atom. The van der Waals surface area contributed by atoms with Crippen molar-refractivity contribution in [3.8, 4) is 0 Å². The summed E-state index contributed by atoms with van der Waals surface area (Å²) >= 11 is 0. The number of hydrogen-bond donors (Lipinski definition) is 2. The van der Waals surface area contributed by atoms with Crippen LogP contribution < -0.4 is 11.1 Å². The van der Waals surface area contributed by atoms with E-state index in [0.717, 1.165) is 0 Å². The Kier molecular flexibility index (Phi) is 7.91. The lowest BCUT2D eigenvalue weighted by molar-refractivity contribution is -0.148. The molecule has 3 atom stereocenters. The van der Waals surface area contributed by atoms with Gasteiger partial charge in [-0.05, 0) is 18.9 Å². The van der Waals surface area contributed by atoms with E-state index in [1.807, 2.05) is 6.07 Å². The van der Waals surface area contributed by atoms with Crippen molar-refractivity contribution in [2.75, 3.05) is 13.7 Å². The highest BCUT2D eigenvalue weighted by molar-refractivity contribution is 5.89. The summed E-state index contributed by atoms with van der Waals surface area (Å²) in [7, 11) is 1.40. The van der Waals surface area contributed by atoms with Crippen LogP contribution in [0.1, 0.15) is 31.9 Å². The largest absolute Gasteiger partial charge is 0.466 e. The van der Waals surface area contributed by atoms with E-state index in [1.165, 1.54) is 7.11 Å². The topological polar surface area (TPSA) is 108 Å². The van der Waals surface area contributed by atoms with Gasteiger partial charge in [0.1, 0.15) is 6.04 Å². The molecule has 0 bridgehead atoms. The molecule has 3 N–H and O–H groups in total. The molecule has 0 heterocycles. The van der Waals surface area contributed by atoms with Gasteiger partial charge in [0, 0.05) is 7.11 Å². The summed E-state index contributed by atoms with van der Waals surface area (Å²) in [5.41, 5.74) is 5.99. The lowest BCUT2D eigenvalue weighted by Crippen LogP contribution is -2.47. The van der Waals surface area contributed by atoms with Gasteiger partial charge in [-0.15, -0.1) is 0 Å². The summed E-state index contributed by atoms with van der Waals surface area (Å²) in [6.07, 6.45) is -0.809. The first-order chi connectivity index (χ1) is 11.4. The van der Waals surface area contributed by atoms with Gasteiger partial charge < -0.3 is 20.5 Å². The lowest BCUT2D eigenvalue weighted by atomic mass is 10.0. The van der Waals surface area contributed by atoms with Crippen molar-refractivity contribution in [3.05, 3.63) is 35.9 Å². The minimum Gasteiger partial charge on any atom is -0.466 e. The van der Waals surface area contributed by atoms with Crippen LogP contribution in [0.5, 0.6) is 0 Å². The second kappa shape index (κ2) is 9.67. The average Bonchev–Trinajstić information content (AvgIpc) is 2.55. The van der Waals surface area contributed by atoms with Crippen molar-refractivity contribution in [2.24, 2.45) is 11.7 Å². The van der Waals surface area contributed by atoms with Crippen molar-refractivity contribution in [1.29, 1.82) is 0 Å². The van der Waals surface area contributed by atoms with Crippen LogP contribution in [0.4, 0.5) is 0 Å². The molecule has 1 aromatic rings. The smallest absolute Gasteiger partial charge is 0.308 e. The molecule has 0 saturated carbocycles. The number of rotatable bonds is 9. The van der Waals surface area contributed by atoms with Crippen LogP contribution in [0.3, 0.4) is 0 Å². The molecule has 0 aromatic heterocycles. The number of primary amides is 1. The summed E-state index contributed by atoms with van der Waals surface area (Å²) in [5, 5.41) is 2.55. The van der Waals surface area contributed by atoms with E-state index in [0.29, 0.717) is 5.56 Å². The summed E-state index contributed by atoms with van der Waals surface area (Å²) in [5.74, 6) is -2.23. The van der Waals surface area contributed by atoms with E-state index in [-0.39, 0.29) is 13.0 Å². The molecule has 0 fully saturated rings. The Labute approximate surface area is 141 Å². The van der Waals surface area contributed by atoms with Crippen molar-refractivity contribution in [1.82, 2.24) is 5.32 Å². The van der Waals surface area contributed by atoms with Crippen LogP contribution in [0.2, 0.25) is 0 Å². The normalized spacial score (nSPS) is 14.3. The summed E-state index contributed by atoms with van der Waals surface area (Å²) < 4.78 is 10.1. The first kappa shape index (κ1) is 19.6. The third-order valence-electron chi connectivity index (χ3n) is 3.51. The van der Waals surface area contributed by atoms with E-state index in [9.17, 15) is 14.4 Å². The highest BCUT2D eigenvalue weighted by atomic mass is 16.5. The van der Waals surface area contributed by atoms with Crippen molar-refractivity contribution < 1.29 is 23.9 Å². The molecule has 24 heavy (non-hydrogen) atoms. The van der Waals surface area contributed by atoms with Gasteiger partial charge in [-0.3, -0.25) is 14.4 Å². The highest BCUT2D eigenvalue weighted by Gasteiger charge is 2.28. The quantitative estimate of drug-likeness (QED) is 0.652. The predicted molar refractivity (Wildman–Crippen MR) is 87.7 cm³/mol. The molecule has 0 spiro atoms. The Hall–Kier alpha value is -2.41. The Balaban J connectivity index is 2.78. The number of carbonyl (C=O) groups is 3. The number of nitrogens with one attached hydrogen (secondary N) is 1. The monoisotopic (exact) mass is 336 g/mol. The molecule has 2 amide bonds. The maximum atomic E-state index is 12.4. The number of nitrogens with two attached hydrogens (primary N) is 1. The molecule has 1 rings (SSSR count). The molecule has 0 aliphatic carbocycles. The van der Waals surface area contributed by atoms with Gasteiger partial charge in [0.05, 0.1) is 12.5 Å². The van der Waals surface area contributed by atoms with E-state index in [1.54, 1.807) is 38.1 Å². The standard InChI is InChI=1S/C17H24N2O5/c1-4-24-17(22)11(2)10-13(15(18)20)19-16(21)14(23-3)12-8-6-5-7-9-12/h5-9,11,13-14H,4,10H2,1-3H3,(H2,18,20)(H,19,21)/t11-,13+,14+/m0/s1. The molecule has 0 aliphatic rings. The average molecular weight is 336 g/mol. The second-order valence-corrected chi connectivity index (χ2v) is 5.38. The van der Waals surface area contributed by atoms with Crippen LogP contribution in [-0.4, -0.2) is 37.5 Å². The number of hydrogen-bond acceptors (Lipinski definition) is 5. The van der Waals surface area contributed by atoms with Crippen molar-refractivity contribution >= 4 is 17.8 Å². The molecule has 0 unspecified atom stereocenters. The van der Waals surface area contributed by atoms with Gasteiger partial charge in [0.2, 0.25) is 5.91 Å². The van der Waals surface area contributed by atoms with Crippen molar-refractivity contribution in [2.45, 2.75) is 32.4 Å². The van der Waals surface area contributed by atoms with Crippen molar-refractivity contribution in [3.63, 3.8) is 0 Å². The van der Waals surface area contributed by atoms with Gasteiger partial charge >= 0.3 is 5.97 Å². The molecule has 0 saturated heterocycles. The van der Waals surface area contributed by atoms with Crippen LogP contribution in [0.25, 0.3) is 0 Å². The van der Waals surface area contributed by atoms with Crippen LogP contribution in [-0.2, 0) is 23.9 Å². The number of amides is 2. The summed E-state index contributed by atoms with van der Waals surface area (Å²) in [6, 6.07) is 7.88. The highest BCUT2D eigenvalue weighted by Crippen LogP contribution is 2.17. The molecule has 132 valence electrons. The minimum absolute atomic E-state index is 0.0606. The van der Waals surface area contributed by atoms with Gasteiger partial charge in [-0.2, -0.15) is 0 Å². The lowest BCUT2D eigenvalue weighted by Gasteiger charge is -2.22. The zero-order chi connectivity index (χ0) is 18.1. The number of ether oxygens (including phenoxy) is 2. The van der Waals surface area contributed by atoms with Crippen LogP contribution in [0, 0.1) is 5.92 Å².